The number of hydroxylamine groups is 1. The van der Waals surface area contributed by atoms with Crippen molar-refractivity contribution in [3.05, 3.63) is 45.2 Å². The third-order valence-electron chi connectivity index (χ3n) is 4.42. The third-order valence-corrected chi connectivity index (χ3v) is 6.57. The molecule has 0 bridgehead atoms. The summed E-state index contributed by atoms with van der Waals surface area (Å²) in [7, 11) is 1.51. The summed E-state index contributed by atoms with van der Waals surface area (Å²) < 4.78 is 0.747. The number of nitrogens with one attached hydrogen (secondary N) is 1. The molecule has 4 nitrogen and oxygen atoms in total. The molecule has 0 heterocycles. The molecule has 0 spiro atoms. The Labute approximate surface area is 158 Å². The van der Waals surface area contributed by atoms with Gasteiger partial charge in [0.2, 0.25) is 0 Å². The van der Waals surface area contributed by atoms with Crippen molar-refractivity contribution in [2.45, 2.75) is 32.2 Å². The molecule has 0 saturated heterocycles. The summed E-state index contributed by atoms with van der Waals surface area (Å²) in [6, 6.07) is 7.34. The van der Waals surface area contributed by atoms with Crippen molar-refractivity contribution in [1.82, 2.24) is 5.48 Å². The fourth-order valence-electron chi connectivity index (χ4n) is 3.18. The summed E-state index contributed by atoms with van der Waals surface area (Å²) >= 11 is 2.87. The van der Waals surface area contributed by atoms with Crippen molar-refractivity contribution in [3.8, 4) is 0 Å². The number of carbonyl (C=O) groups excluding carboxylic acids is 2. The summed E-state index contributed by atoms with van der Waals surface area (Å²) in [4.78, 5) is 31.8. The van der Waals surface area contributed by atoms with E-state index in [0.29, 0.717) is 23.5 Å². The van der Waals surface area contributed by atoms with E-state index in [1.807, 2.05) is 30.7 Å². The first kappa shape index (κ1) is 20.2. The molecule has 25 heavy (non-hydrogen) atoms. The molecule has 1 aliphatic carbocycles. The predicted octanol–water partition coefficient (Wildman–Crippen LogP) is 4.17. The van der Waals surface area contributed by atoms with Crippen molar-refractivity contribution in [2.75, 3.05) is 19.6 Å². The lowest BCUT2D eigenvalue weighted by Crippen LogP contribution is -2.54. The number of hydrogen-bond donors (Lipinski definition) is 1. The normalized spacial score (nSPS) is 20.2. The summed E-state index contributed by atoms with van der Waals surface area (Å²) in [6.45, 7) is 4.24. The Hall–Kier alpha value is -1.08. The van der Waals surface area contributed by atoms with Crippen LogP contribution in [0.1, 0.15) is 42.6 Å². The van der Waals surface area contributed by atoms with E-state index in [0.717, 1.165) is 10.7 Å². The highest BCUT2D eigenvalue weighted by molar-refractivity contribution is 8.21. The largest absolute Gasteiger partial charge is 0.304 e. The minimum Gasteiger partial charge on any atom is -0.304 e. The van der Waals surface area contributed by atoms with Crippen LogP contribution in [0.5, 0.6) is 0 Å². The number of fused-ring (bicyclic) bond motifs is 1. The zero-order valence-electron chi connectivity index (χ0n) is 15.3. The third kappa shape index (κ3) is 3.72. The van der Waals surface area contributed by atoms with Gasteiger partial charge >= 0.3 is 0 Å². The zero-order valence-corrected chi connectivity index (χ0v) is 17.0. The van der Waals surface area contributed by atoms with E-state index in [4.69, 9.17) is 4.84 Å². The van der Waals surface area contributed by atoms with Crippen LogP contribution in [-0.4, -0.2) is 31.2 Å². The minimum absolute atomic E-state index is 0.197. The van der Waals surface area contributed by atoms with Gasteiger partial charge in [0.1, 0.15) is 5.54 Å². The summed E-state index contributed by atoms with van der Waals surface area (Å²) in [5.41, 5.74) is 3.48. The van der Waals surface area contributed by atoms with Crippen LogP contribution >= 0.6 is 23.5 Å². The van der Waals surface area contributed by atoms with Gasteiger partial charge in [-0.15, -0.1) is 23.5 Å². The maximum absolute atomic E-state index is 13.5. The minimum atomic E-state index is -1.03. The Morgan fingerprint density at radius 2 is 1.84 bits per heavy atom. The Bertz CT molecular complexity index is 694. The maximum Gasteiger partial charge on any atom is 0.198 e. The summed E-state index contributed by atoms with van der Waals surface area (Å²) in [6.07, 6.45) is 5.19. The van der Waals surface area contributed by atoms with Gasteiger partial charge < -0.3 is 4.84 Å². The van der Waals surface area contributed by atoms with E-state index in [-0.39, 0.29) is 17.1 Å². The number of rotatable bonds is 7. The monoisotopic (exact) mass is 379 g/mol. The molecule has 0 amide bonds. The van der Waals surface area contributed by atoms with Crippen LogP contribution in [-0.2, 0) is 15.2 Å². The van der Waals surface area contributed by atoms with E-state index < -0.39 is 5.54 Å². The Morgan fingerprint density at radius 1 is 1.20 bits per heavy atom. The highest BCUT2D eigenvalue weighted by atomic mass is 32.2. The average molecular weight is 380 g/mol. The van der Waals surface area contributed by atoms with Gasteiger partial charge in [0.05, 0.1) is 16.9 Å². The molecule has 0 fully saturated rings. The van der Waals surface area contributed by atoms with E-state index in [1.54, 1.807) is 6.07 Å². The Balaban J connectivity index is 2.75. The fourth-order valence-corrected chi connectivity index (χ4v) is 4.63. The fraction of sp³-hybridized carbons (Fsp3) is 0.474. The quantitative estimate of drug-likeness (QED) is 0.436. The maximum atomic E-state index is 13.5. The molecule has 1 atom stereocenters. The van der Waals surface area contributed by atoms with E-state index in [9.17, 15) is 9.59 Å². The second-order valence-electron chi connectivity index (χ2n) is 6.42. The smallest absolute Gasteiger partial charge is 0.198 e. The summed E-state index contributed by atoms with van der Waals surface area (Å²) in [5, 5.41) is 0. The number of benzene rings is 1. The lowest BCUT2D eigenvalue weighted by atomic mass is 9.70. The second kappa shape index (κ2) is 8.54. The molecule has 1 aromatic carbocycles. The molecule has 0 radical (unpaired) electrons. The highest BCUT2D eigenvalue weighted by Crippen LogP contribution is 2.43. The van der Waals surface area contributed by atoms with Crippen LogP contribution in [0.2, 0.25) is 0 Å². The molecule has 1 unspecified atom stereocenters. The number of Topliss-reactive ketones (excluding diaryl/α,β-unsaturated/α-hetero) is 2. The van der Waals surface area contributed by atoms with E-state index in [2.05, 4.69) is 19.3 Å². The van der Waals surface area contributed by atoms with Gasteiger partial charge in [-0.1, -0.05) is 38.1 Å². The molecule has 0 aliphatic heterocycles. The molecule has 0 aromatic heterocycles. The SMILES string of the molecule is CONC1(CCC(C)C)C(=O)C(=C(SC)SC)C(=O)c2ccccc21. The molecular formula is C19H25NO3S2. The topological polar surface area (TPSA) is 55.4 Å². The zero-order chi connectivity index (χ0) is 18.6. The van der Waals surface area contributed by atoms with Crippen molar-refractivity contribution >= 4 is 35.1 Å². The van der Waals surface area contributed by atoms with E-state index >= 15 is 0 Å². The van der Waals surface area contributed by atoms with Crippen molar-refractivity contribution in [2.24, 2.45) is 5.92 Å². The molecule has 2 rings (SSSR count). The van der Waals surface area contributed by atoms with Gasteiger partial charge in [0.15, 0.2) is 11.6 Å². The highest BCUT2D eigenvalue weighted by Gasteiger charge is 2.50. The van der Waals surface area contributed by atoms with Crippen LogP contribution in [0.4, 0.5) is 0 Å². The Morgan fingerprint density at radius 3 is 2.40 bits per heavy atom. The number of thioether (sulfide) groups is 2. The first-order valence-corrected chi connectivity index (χ1v) is 10.7. The molecule has 1 N–H and O–H groups in total. The van der Waals surface area contributed by atoms with Crippen molar-refractivity contribution < 1.29 is 14.4 Å². The number of hydrogen-bond acceptors (Lipinski definition) is 6. The standard InChI is InChI=1S/C19H25NO3S2/c1-12(2)10-11-19(20-23-3)14-9-7-6-8-13(14)16(21)15(17(19)22)18(24-4)25-5/h6-9,12,20H,10-11H2,1-5H3. The first-order valence-electron chi connectivity index (χ1n) is 8.24. The van der Waals surface area contributed by atoms with Crippen LogP contribution in [0.3, 0.4) is 0 Å². The van der Waals surface area contributed by atoms with Gasteiger partial charge in [0, 0.05) is 5.56 Å². The molecule has 0 saturated carbocycles. The van der Waals surface area contributed by atoms with Crippen LogP contribution in [0.25, 0.3) is 0 Å². The lowest BCUT2D eigenvalue weighted by molar-refractivity contribution is -0.129. The first-order chi connectivity index (χ1) is 11.9. The predicted molar refractivity (Wildman–Crippen MR) is 106 cm³/mol. The second-order valence-corrected chi connectivity index (χ2v) is 8.31. The molecule has 6 heteroatoms. The van der Waals surface area contributed by atoms with Gasteiger partial charge in [-0.05, 0) is 36.8 Å². The lowest BCUT2D eigenvalue weighted by Gasteiger charge is -2.38. The van der Waals surface area contributed by atoms with E-state index in [1.165, 1.54) is 30.6 Å². The van der Waals surface area contributed by atoms with Gasteiger partial charge in [-0.25, -0.2) is 0 Å². The van der Waals surface area contributed by atoms with Crippen molar-refractivity contribution in [1.29, 1.82) is 0 Å². The van der Waals surface area contributed by atoms with Gasteiger partial charge in [0.25, 0.3) is 0 Å². The van der Waals surface area contributed by atoms with Crippen LogP contribution < -0.4 is 5.48 Å². The van der Waals surface area contributed by atoms with Crippen molar-refractivity contribution in [3.63, 3.8) is 0 Å². The van der Waals surface area contributed by atoms with Gasteiger partial charge in [-0.3, -0.25) is 9.59 Å². The molecular weight excluding hydrogens is 354 g/mol. The average Bonchev–Trinajstić information content (AvgIpc) is 2.61. The number of ketones is 2. The van der Waals surface area contributed by atoms with Crippen LogP contribution in [0, 0.1) is 5.92 Å². The number of carbonyl (C=O) groups is 2. The van der Waals surface area contributed by atoms with Gasteiger partial charge in [-0.2, -0.15) is 5.48 Å². The molecule has 1 aromatic rings. The van der Waals surface area contributed by atoms with Crippen LogP contribution in [0.15, 0.2) is 34.1 Å². The Kier molecular flexibility index (Phi) is 6.91. The molecule has 136 valence electrons. The molecule has 1 aliphatic rings. The summed E-state index contributed by atoms with van der Waals surface area (Å²) in [5.74, 6) is 0.0379.